The Morgan fingerprint density at radius 3 is 2.52 bits per heavy atom. The van der Waals surface area contributed by atoms with Crippen LogP contribution in [0.25, 0.3) is 0 Å². The first kappa shape index (κ1) is 14.1. The summed E-state index contributed by atoms with van der Waals surface area (Å²) in [6.07, 6.45) is 0.872. The monoisotopic (exact) mass is 304 g/mol. The maximum Gasteiger partial charge on any atom is 0.161 e. The van der Waals surface area contributed by atoms with Gasteiger partial charge in [0.1, 0.15) is 11.6 Å². The normalized spacial score (nSPS) is 17.6. The Balaban J connectivity index is 1.66. The average Bonchev–Trinajstić information content (AvgIpc) is 2.86. The number of halogens is 2. The van der Waals surface area contributed by atoms with Gasteiger partial charge in [-0.25, -0.2) is 8.78 Å². The first-order valence-corrected chi connectivity index (χ1v) is 7.65. The SMILES string of the molecule is Fc1cc(F)cc(NC2=NC(Cc3ccccc3)CS2)c1. The molecule has 0 radical (unpaired) electrons. The average molecular weight is 304 g/mol. The Morgan fingerprint density at radius 1 is 1.10 bits per heavy atom. The van der Waals surface area contributed by atoms with Gasteiger partial charge in [0.05, 0.1) is 6.04 Å². The first-order valence-electron chi connectivity index (χ1n) is 6.67. The van der Waals surface area contributed by atoms with Gasteiger partial charge in [-0.15, -0.1) is 0 Å². The van der Waals surface area contributed by atoms with Crippen molar-refractivity contribution in [2.75, 3.05) is 11.1 Å². The summed E-state index contributed by atoms with van der Waals surface area (Å²) in [5.41, 5.74) is 1.63. The van der Waals surface area contributed by atoms with Crippen LogP contribution < -0.4 is 5.32 Å². The van der Waals surface area contributed by atoms with Crippen LogP contribution >= 0.6 is 11.8 Å². The second-order valence-corrected chi connectivity index (χ2v) is 5.88. The zero-order chi connectivity index (χ0) is 14.7. The molecule has 3 rings (SSSR count). The number of rotatable bonds is 3. The van der Waals surface area contributed by atoms with E-state index in [1.165, 1.54) is 17.7 Å². The van der Waals surface area contributed by atoms with E-state index < -0.39 is 11.6 Å². The lowest BCUT2D eigenvalue weighted by Gasteiger charge is -2.05. The Morgan fingerprint density at radius 2 is 1.81 bits per heavy atom. The molecule has 0 aliphatic carbocycles. The quantitative estimate of drug-likeness (QED) is 0.923. The number of thioether (sulfide) groups is 1. The molecule has 21 heavy (non-hydrogen) atoms. The summed E-state index contributed by atoms with van der Waals surface area (Å²) in [6, 6.07) is 13.7. The molecule has 5 heteroatoms. The van der Waals surface area contributed by atoms with E-state index in [0.29, 0.717) is 10.9 Å². The minimum atomic E-state index is -0.595. The van der Waals surface area contributed by atoms with Gasteiger partial charge in [0.15, 0.2) is 5.17 Å². The maximum atomic E-state index is 13.1. The van der Waals surface area contributed by atoms with E-state index >= 15 is 0 Å². The summed E-state index contributed by atoms with van der Waals surface area (Å²) >= 11 is 1.57. The zero-order valence-corrected chi connectivity index (χ0v) is 12.0. The van der Waals surface area contributed by atoms with E-state index in [0.717, 1.165) is 18.2 Å². The smallest absolute Gasteiger partial charge is 0.161 e. The highest BCUT2D eigenvalue weighted by molar-refractivity contribution is 8.14. The number of anilines is 1. The molecule has 1 aliphatic rings. The Kier molecular flexibility index (Phi) is 4.20. The van der Waals surface area contributed by atoms with Gasteiger partial charge in [0, 0.05) is 17.5 Å². The fourth-order valence-electron chi connectivity index (χ4n) is 2.22. The minimum Gasteiger partial charge on any atom is -0.335 e. The number of aliphatic imine (C=N–C) groups is 1. The molecule has 1 aliphatic heterocycles. The minimum absolute atomic E-state index is 0.193. The fraction of sp³-hybridized carbons (Fsp3) is 0.188. The molecule has 108 valence electrons. The van der Waals surface area contributed by atoms with Crippen LogP contribution in [-0.2, 0) is 6.42 Å². The molecule has 2 aromatic rings. The molecule has 1 heterocycles. The van der Waals surface area contributed by atoms with Crippen LogP contribution in [0.5, 0.6) is 0 Å². The third kappa shape index (κ3) is 3.82. The van der Waals surface area contributed by atoms with Gasteiger partial charge in [-0.1, -0.05) is 42.1 Å². The highest BCUT2D eigenvalue weighted by atomic mass is 32.2. The number of nitrogens with one attached hydrogen (secondary N) is 1. The molecule has 0 aromatic heterocycles. The third-order valence-electron chi connectivity index (χ3n) is 3.14. The van der Waals surface area contributed by atoms with Crippen molar-refractivity contribution < 1.29 is 8.78 Å². The summed E-state index contributed by atoms with van der Waals surface area (Å²) in [5.74, 6) is -0.321. The van der Waals surface area contributed by atoms with E-state index in [4.69, 9.17) is 0 Å². The molecule has 0 fully saturated rings. The van der Waals surface area contributed by atoms with Crippen LogP contribution in [0.15, 0.2) is 53.5 Å². The number of nitrogens with zero attached hydrogens (tertiary/aromatic N) is 1. The van der Waals surface area contributed by atoms with Crippen LogP contribution in [0, 0.1) is 11.6 Å². The molecule has 1 atom stereocenters. The molecule has 0 bridgehead atoms. The summed E-state index contributed by atoms with van der Waals surface area (Å²) in [6.45, 7) is 0. The van der Waals surface area contributed by atoms with Gasteiger partial charge in [0.25, 0.3) is 0 Å². The largest absolute Gasteiger partial charge is 0.335 e. The topological polar surface area (TPSA) is 24.4 Å². The first-order chi connectivity index (χ1) is 10.2. The standard InChI is InChI=1S/C16H14F2N2S/c17-12-7-13(18)9-14(8-12)19-16-20-15(10-21-16)6-11-4-2-1-3-5-11/h1-5,7-9,15H,6,10H2,(H,19,20). The van der Waals surface area contributed by atoms with Gasteiger partial charge in [-0.2, -0.15) is 0 Å². The van der Waals surface area contributed by atoms with Crippen molar-refractivity contribution in [1.82, 2.24) is 0 Å². The van der Waals surface area contributed by atoms with Crippen LogP contribution in [0.4, 0.5) is 14.5 Å². The second-order valence-electron chi connectivity index (χ2n) is 4.87. The Labute approximate surface area is 126 Å². The molecule has 0 saturated heterocycles. The molecule has 0 spiro atoms. The van der Waals surface area contributed by atoms with E-state index in [1.54, 1.807) is 11.8 Å². The summed E-state index contributed by atoms with van der Waals surface area (Å²) < 4.78 is 26.3. The summed E-state index contributed by atoms with van der Waals surface area (Å²) in [4.78, 5) is 4.56. The highest BCUT2D eigenvalue weighted by Crippen LogP contribution is 2.23. The predicted molar refractivity (Wildman–Crippen MR) is 83.8 cm³/mol. The van der Waals surface area contributed by atoms with Crippen molar-refractivity contribution in [3.63, 3.8) is 0 Å². The van der Waals surface area contributed by atoms with Crippen molar-refractivity contribution in [1.29, 1.82) is 0 Å². The Bertz CT molecular complexity index is 638. The van der Waals surface area contributed by atoms with Gasteiger partial charge >= 0.3 is 0 Å². The van der Waals surface area contributed by atoms with Gasteiger partial charge in [-0.3, -0.25) is 4.99 Å². The van der Waals surface area contributed by atoms with Gasteiger partial charge in [-0.05, 0) is 24.1 Å². The van der Waals surface area contributed by atoms with Crippen molar-refractivity contribution in [2.24, 2.45) is 4.99 Å². The van der Waals surface area contributed by atoms with E-state index in [2.05, 4.69) is 22.4 Å². The van der Waals surface area contributed by atoms with Crippen LogP contribution in [0.3, 0.4) is 0 Å². The molecular formula is C16H14F2N2S. The van der Waals surface area contributed by atoms with Crippen molar-refractivity contribution in [3.8, 4) is 0 Å². The lowest BCUT2D eigenvalue weighted by molar-refractivity contribution is 0.584. The summed E-state index contributed by atoms with van der Waals surface area (Å²) in [5, 5.41) is 3.68. The van der Waals surface area contributed by atoms with Crippen molar-refractivity contribution >= 4 is 22.6 Å². The van der Waals surface area contributed by atoms with E-state index in [9.17, 15) is 8.78 Å². The third-order valence-corrected chi connectivity index (χ3v) is 4.17. The molecule has 0 amide bonds. The molecule has 2 nitrogen and oxygen atoms in total. The van der Waals surface area contributed by atoms with E-state index in [-0.39, 0.29) is 6.04 Å². The molecule has 1 N–H and O–H groups in total. The van der Waals surface area contributed by atoms with Crippen LogP contribution in [-0.4, -0.2) is 17.0 Å². The van der Waals surface area contributed by atoms with Crippen LogP contribution in [0.1, 0.15) is 5.56 Å². The fourth-order valence-corrected chi connectivity index (χ4v) is 3.18. The van der Waals surface area contributed by atoms with Crippen molar-refractivity contribution in [2.45, 2.75) is 12.5 Å². The van der Waals surface area contributed by atoms with E-state index in [1.807, 2.05) is 18.2 Å². The Hall–Kier alpha value is -1.88. The lowest BCUT2D eigenvalue weighted by atomic mass is 10.1. The zero-order valence-electron chi connectivity index (χ0n) is 11.2. The second kappa shape index (κ2) is 6.26. The highest BCUT2D eigenvalue weighted by Gasteiger charge is 2.19. The van der Waals surface area contributed by atoms with Crippen molar-refractivity contribution in [3.05, 3.63) is 65.7 Å². The maximum absolute atomic E-state index is 13.1. The predicted octanol–water partition coefficient (Wildman–Crippen LogP) is 4.09. The molecule has 0 saturated carbocycles. The van der Waals surface area contributed by atoms with Crippen LogP contribution in [0.2, 0.25) is 0 Å². The number of hydrogen-bond donors (Lipinski definition) is 1. The number of hydrogen-bond acceptors (Lipinski definition) is 3. The summed E-state index contributed by atoms with van der Waals surface area (Å²) in [7, 11) is 0. The lowest BCUT2D eigenvalue weighted by Crippen LogP contribution is -2.08. The molecular weight excluding hydrogens is 290 g/mol. The molecule has 1 unspecified atom stereocenters. The van der Waals surface area contributed by atoms with Gasteiger partial charge < -0.3 is 5.32 Å². The number of amidine groups is 1. The van der Waals surface area contributed by atoms with Gasteiger partial charge in [0.2, 0.25) is 0 Å². The number of benzene rings is 2. The molecule has 2 aromatic carbocycles.